The molecule has 0 aromatic heterocycles. The van der Waals surface area contributed by atoms with Crippen LogP contribution in [0.2, 0.25) is 5.02 Å². The number of carbonyl (C=O) groups is 2. The zero-order valence-corrected chi connectivity index (χ0v) is 23.6. The second-order valence-corrected chi connectivity index (χ2v) is 10.4. The predicted molar refractivity (Wildman–Crippen MR) is 155 cm³/mol. The molecule has 0 bridgehead atoms. The highest BCUT2D eigenvalue weighted by atomic mass is 35.5. The van der Waals surface area contributed by atoms with E-state index >= 15 is 0 Å². The van der Waals surface area contributed by atoms with Gasteiger partial charge in [0.25, 0.3) is 11.8 Å². The number of nitrogens with zero attached hydrogens (tertiary/aromatic N) is 4. The molecule has 214 valence electrons. The molecule has 10 heteroatoms. The Morgan fingerprint density at radius 2 is 1.80 bits per heavy atom. The molecule has 2 aliphatic rings. The van der Waals surface area contributed by atoms with Gasteiger partial charge in [-0.25, -0.2) is 9.40 Å². The molecule has 0 saturated carbocycles. The van der Waals surface area contributed by atoms with Crippen molar-refractivity contribution in [1.82, 2.24) is 14.8 Å². The lowest BCUT2D eigenvalue weighted by Crippen LogP contribution is -2.46. The summed E-state index contributed by atoms with van der Waals surface area (Å²) in [5.41, 5.74) is 2.70. The van der Waals surface area contributed by atoms with Crippen LogP contribution >= 0.6 is 11.6 Å². The molecule has 0 radical (unpaired) electrons. The van der Waals surface area contributed by atoms with Gasteiger partial charge in [-0.1, -0.05) is 29.8 Å². The summed E-state index contributed by atoms with van der Waals surface area (Å²) in [5, 5.41) is 6.80. The van der Waals surface area contributed by atoms with Crippen molar-refractivity contribution in [1.29, 1.82) is 0 Å². The fraction of sp³-hybridized carbons (Fsp3) is 0.323. The van der Waals surface area contributed by atoms with Gasteiger partial charge in [-0.3, -0.25) is 14.5 Å². The van der Waals surface area contributed by atoms with E-state index in [9.17, 15) is 14.0 Å². The van der Waals surface area contributed by atoms with Crippen molar-refractivity contribution >= 4 is 29.1 Å². The molecule has 3 aromatic carbocycles. The normalized spacial score (nSPS) is 17.3. The molecule has 2 aliphatic heterocycles. The molecular formula is C31H32ClFN4O4. The number of hydrogen-bond donors (Lipinski definition) is 0. The van der Waals surface area contributed by atoms with E-state index < -0.39 is 11.7 Å². The summed E-state index contributed by atoms with van der Waals surface area (Å²) in [6.45, 7) is 3.40. The summed E-state index contributed by atoms with van der Waals surface area (Å²) < 4.78 is 24.7. The highest BCUT2D eigenvalue weighted by molar-refractivity contribution is 6.30. The van der Waals surface area contributed by atoms with Crippen molar-refractivity contribution in [2.75, 3.05) is 53.0 Å². The van der Waals surface area contributed by atoms with Crippen molar-refractivity contribution in [2.24, 2.45) is 5.10 Å². The van der Waals surface area contributed by atoms with E-state index in [1.165, 1.54) is 28.1 Å². The number of carbonyl (C=O) groups excluding carboxylic acids is 2. The van der Waals surface area contributed by atoms with Crippen LogP contribution in [-0.2, 0) is 9.53 Å². The second kappa shape index (κ2) is 13.2. The van der Waals surface area contributed by atoms with Gasteiger partial charge in [0.05, 0.1) is 32.1 Å². The van der Waals surface area contributed by atoms with Crippen molar-refractivity contribution in [3.8, 4) is 5.75 Å². The summed E-state index contributed by atoms with van der Waals surface area (Å²) in [6, 6.07) is 20.0. The van der Waals surface area contributed by atoms with Gasteiger partial charge in [0.2, 0.25) is 0 Å². The highest BCUT2D eigenvalue weighted by Crippen LogP contribution is 2.34. The SMILES string of the molecule is COc1ccc(C2=NN(C(=O)CN(CCN3CCOCC3)C(=O)c3cccc(F)c3)[C@H](c3ccc(Cl)cc3)C2)cc1. The highest BCUT2D eigenvalue weighted by Gasteiger charge is 2.34. The quantitative estimate of drug-likeness (QED) is 0.370. The van der Waals surface area contributed by atoms with E-state index in [1.54, 1.807) is 25.3 Å². The van der Waals surface area contributed by atoms with Gasteiger partial charge in [-0.05, 0) is 65.7 Å². The van der Waals surface area contributed by atoms with E-state index in [1.807, 2.05) is 36.4 Å². The largest absolute Gasteiger partial charge is 0.497 e. The summed E-state index contributed by atoms with van der Waals surface area (Å²) in [5.74, 6) is -0.527. The predicted octanol–water partition coefficient (Wildman–Crippen LogP) is 4.64. The Kier molecular flexibility index (Phi) is 9.28. The average Bonchev–Trinajstić information content (AvgIpc) is 3.45. The van der Waals surface area contributed by atoms with Crippen molar-refractivity contribution in [3.05, 3.63) is 100 Å². The van der Waals surface area contributed by atoms with E-state index in [0.29, 0.717) is 37.7 Å². The summed E-state index contributed by atoms with van der Waals surface area (Å²) in [6.07, 6.45) is 0.491. The van der Waals surface area contributed by atoms with Crippen LogP contribution in [0.5, 0.6) is 5.75 Å². The van der Waals surface area contributed by atoms with Crippen LogP contribution in [0.15, 0.2) is 77.9 Å². The number of morpholine rings is 1. The molecule has 8 nitrogen and oxygen atoms in total. The number of methoxy groups -OCH3 is 1. The molecule has 0 aliphatic carbocycles. The lowest BCUT2D eigenvalue weighted by atomic mass is 9.98. The van der Waals surface area contributed by atoms with Gasteiger partial charge >= 0.3 is 0 Å². The Balaban J connectivity index is 1.41. The second-order valence-electron chi connectivity index (χ2n) is 9.98. The third-order valence-corrected chi connectivity index (χ3v) is 7.57. The molecule has 2 amide bonds. The number of ether oxygens (including phenoxy) is 2. The zero-order valence-electron chi connectivity index (χ0n) is 22.8. The Hall–Kier alpha value is -3.79. The van der Waals surface area contributed by atoms with Crippen LogP contribution < -0.4 is 4.74 Å². The van der Waals surface area contributed by atoms with Gasteiger partial charge in [0, 0.05) is 43.2 Å². The minimum Gasteiger partial charge on any atom is -0.497 e. The first-order valence-electron chi connectivity index (χ1n) is 13.6. The molecule has 1 saturated heterocycles. The van der Waals surface area contributed by atoms with E-state index in [4.69, 9.17) is 26.2 Å². The van der Waals surface area contributed by atoms with Gasteiger partial charge < -0.3 is 14.4 Å². The number of halogens is 2. The molecule has 0 N–H and O–H groups in total. The van der Waals surface area contributed by atoms with Crippen molar-refractivity contribution in [2.45, 2.75) is 12.5 Å². The van der Waals surface area contributed by atoms with Crippen LogP contribution in [0.1, 0.15) is 33.9 Å². The number of hydrogen-bond acceptors (Lipinski definition) is 6. The summed E-state index contributed by atoms with van der Waals surface area (Å²) in [7, 11) is 1.61. The average molecular weight is 579 g/mol. The lowest BCUT2D eigenvalue weighted by Gasteiger charge is -2.31. The van der Waals surface area contributed by atoms with Crippen LogP contribution in [0, 0.1) is 5.82 Å². The Morgan fingerprint density at radius 1 is 1.07 bits per heavy atom. The minimum atomic E-state index is -0.508. The van der Waals surface area contributed by atoms with Gasteiger partial charge in [-0.2, -0.15) is 5.10 Å². The fourth-order valence-electron chi connectivity index (χ4n) is 5.02. The van der Waals surface area contributed by atoms with Crippen LogP contribution in [0.3, 0.4) is 0 Å². The minimum absolute atomic E-state index is 0.192. The maximum absolute atomic E-state index is 14.0. The third-order valence-electron chi connectivity index (χ3n) is 7.32. The van der Waals surface area contributed by atoms with Crippen molar-refractivity contribution < 1.29 is 23.5 Å². The van der Waals surface area contributed by atoms with Gasteiger partial charge in [0.1, 0.15) is 18.1 Å². The van der Waals surface area contributed by atoms with Crippen LogP contribution in [-0.4, -0.2) is 85.4 Å². The molecule has 5 rings (SSSR count). The van der Waals surface area contributed by atoms with E-state index in [0.717, 1.165) is 35.7 Å². The topological polar surface area (TPSA) is 74.7 Å². The first-order chi connectivity index (χ1) is 19.9. The van der Waals surface area contributed by atoms with Crippen molar-refractivity contribution in [3.63, 3.8) is 0 Å². The molecular weight excluding hydrogens is 547 g/mol. The van der Waals surface area contributed by atoms with Crippen LogP contribution in [0.25, 0.3) is 0 Å². The Morgan fingerprint density at radius 3 is 2.49 bits per heavy atom. The molecule has 0 spiro atoms. The molecule has 41 heavy (non-hydrogen) atoms. The number of benzene rings is 3. The Labute approximate surface area is 243 Å². The van der Waals surface area contributed by atoms with E-state index in [-0.39, 0.29) is 24.1 Å². The van der Waals surface area contributed by atoms with Gasteiger partial charge in [-0.15, -0.1) is 0 Å². The molecule has 1 fully saturated rings. The molecule has 2 heterocycles. The lowest BCUT2D eigenvalue weighted by molar-refractivity contribution is -0.133. The van der Waals surface area contributed by atoms with Gasteiger partial charge in [0.15, 0.2) is 0 Å². The summed E-state index contributed by atoms with van der Waals surface area (Å²) >= 11 is 6.14. The third kappa shape index (κ3) is 7.11. The number of hydrazone groups is 1. The fourth-order valence-corrected chi connectivity index (χ4v) is 5.15. The number of amides is 2. The van der Waals surface area contributed by atoms with E-state index in [2.05, 4.69) is 4.90 Å². The van der Waals surface area contributed by atoms with Crippen LogP contribution in [0.4, 0.5) is 4.39 Å². The maximum atomic E-state index is 14.0. The molecule has 0 unspecified atom stereocenters. The summed E-state index contributed by atoms with van der Waals surface area (Å²) in [4.78, 5) is 31.1. The molecule has 1 atom stereocenters. The molecule has 3 aromatic rings. The maximum Gasteiger partial charge on any atom is 0.262 e. The first kappa shape index (κ1) is 28.7. The zero-order chi connectivity index (χ0) is 28.8. The number of rotatable bonds is 9. The Bertz CT molecular complexity index is 1390. The smallest absolute Gasteiger partial charge is 0.262 e. The first-order valence-corrected chi connectivity index (χ1v) is 13.9. The standard InChI is InChI=1S/C31H32ClFN4O4/c1-40-27-11-7-22(8-12-27)28-20-29(23-5-9-25(32)10-6-23)37(34-28)30(38)21-36(14-13-35-15-17-41-18-16-35)31(39)24-3-2-4-26(33)19-24/h2-12,19,29H,13-18,20-21H2,1H3/t29-/m0/s1. The monoisotopic (exact) mass is 578 g/mol.